The number of hydrogen-bond donors (Lipinski definition) is 3. The molecule has 2 saturated heterocycles. The lowest BCUT2D eigenvalue weighted by molar-refractivity contribution is -0.132. The van der Waals surface area contributed by atoms with Crippen LogP contribution in [0.5, 0.6) is 0 Å². The van der Waals surface area contributed by atoms with Crippen LogP contribution in [0.1, 0.15) is 43.0 Å². The third-order valence-corrected chi connectivity index (χ3v) is 5.47. The topological polar surface area (TPSA) is 107 Å². The number of benzene rings is 1. The highest BCUT2D eigenvalue weighted by molar-refractivity contribution is 6.04. The van der Waals surface area contributed by atoms with Gasteiger partial charge in [-0.1, -0.05) is 12.1 Å². The number of nitrogens with one attached hydrogen (secondary N) is 3. The smallest absolute Gasteiger partial charge is 0.322 e. The minimum atomic E-state index is -0.599. The lowest BCUT2D eigenvalue weighted by atomic mass is 9.95. The summed E-state index contributed by atoms with van der Waals surface area (Å²) in [5.74, 6) is 0.993. The van der Waals surface area contributed by atoms with Gasteiger partial charge >= 0.3 is 6.03 Å². The van der Waals surface area contributed by atoms with Crippen LogP contribution in [0.25, 0.3) is 11.0 Å². The van der Waals surface area contributed by atoms with Gasteiger partial charge in [0, 0.05) is 25.4 Å². The number of carbonyl (C=O) groups excluding carboxylic acids is 3. The van der Waals surface area contributed by atoms with Crippen molar-refractivity contribution < 1.29 is 14.4 Å². The number of H-pyrrole nitrogens is 1. The normalized spacial score (nSPS) is 20.8. The molecule has 2 fully saturated rings. The van der Waals surface area contributed by atoms with Gasteiger partial charge in [-0.05, 0) is 37.8 Å². The summed E-state index contributed by atoms with van der Waals surface area (Å²) < 4.78 is 0. The molecule has 1 aromatic heterocycles. The van der Waals surface area contributed by atoms with Gasteiger partial charge in [-0.2, -0.15) is 0 Å². The molecule has 0 radical (unpaired) electrons. The number of urea groups is 1. The first-order chi connectivity index (χ1) is 13.0. The third kappa shape index (κ3) is 3.51. The van der Waals surface area contributed by atoms with E-state index in [1.807, 2.05) is 17.0 Å². The summed E-state index contributed by atoms with van der Waals surface area (Å²) in [6.07, 6.45) is 2.32. The van der Waals surface area contributed by atoms with Crippen molar-refractivity contribution in [2.75, 3.05) is 13.1 Å². The third-order valence-electron chi connectivity index (χ3n) is 5.47. The van der Waals surface area contributed by atoms with E-state index < -0.39 is 12.1 Å². The summed E-state index contributed by atoms with van der Waals surface area (Å²) >= 11 is 0. The minimum Gasteiger partial charge on any atom is -0.343 e. The monoisotopic (exact) mass is 369 g/mol. The van der Waals surface area contributed by atoms with Gasteiger partial charge in [0.05, 0.1) is 11.0 Å². The van der Waals surface area contributed by atoms with Crippen molar-refractivity contribution in [1.29, 1.82) is 0 Å². The number of rotatable bonds is 4. The van der Waals surface area contributed by atoms with Crippen molar-refractivity contribution in [3.05, 3.63) is 29.6 Å². The molecule has 3 heterocycles. The SMILES string of the molecule is Cc1cccc2[nH]c(C3CCN(C(=O)CC[C@H]4NC(=O)NC4=O)CC3)nc12. The molecule has 1 atom stereocenters. The maximum Gasteiger partial charge on any atom is 0.322 e. The molecule has 0 spiro atoms. The van der Waals surface area contributed by atoms with Gasteiger partial charge in [0.2, 0.25) is 5.91 Å². The summed E-state index contributed by atoms with van der Waals surface area (Å²) in [5, 5.41) is 4.71. The quantitative estimate of drug-likeness (QED) is 0.711. The number of fused-ring (bicyclic) bond motifs is 1. The molecule has 8 nitrogen and oxygen atoms in total. The predicted octanol–water partition coefficient (Wildman–Crippen LogP) is 1.57. The van der Waals surface area contributed by atoms with E-state index >= 15 is 0 Å². The average Bonchev–Trinajstić information content (AvgIpc) is 3.23. The first kappa shape index (κ1) is 17.5. The summed E-state index contributed by atoms with van der Waals surface area (Å²) in [4.78, 5) is 45.1. The number of aromatic amines is 1. The number of piperidine rings is 1. The Morgan fingerprint density at radius 3 is 2.70 bits per heavy atom. The fourth-order valence-corrected chi connectivity index (χ4v) is 3.88. The van der Waals surface area contributed by atoms with Crippen molar-refractivity contribution in [2.45, 2.75) is 44.6 Å². The highest BCUT2D eigenvalue weighted by Gasteiger charge is 2.31. The number of imidazole rings is 1. The number of imide groups is 1. The van der Waals surface area contributed by atoms with Crippen LogP contribution in [0.2, 0.25) is 0 Å². The van der Waals surface area contributed by atoms with E-state index in [1.54, 1.807) is 0 Å². The second kappa shape index (κ2) is 7.02. The number of amides is 4. The van der Waals surface area contributed by atoms with Gasteiger partial charge in [0.1, 0.15) is 11.9 Å². The summed E-state index contributed by atoms with van der Waals surface area (Å²) in [6, 6.07) is 5.03. The van der Waals surface area contributed by atoms with Gasteiger partial charge in [0.15, 0.2) is 0 Å². The largest absolute Gasteiger partial charge is 0.343 e. The van der Waals surface area contributed by atoms with Crippen LogP contribution >= 0.6 is 0 Å². The van der Waals surface area contributed by atoms with Gasteiger partial charge in [-0.25, -0.2) is 9.78 Å². The first-order valence-corrected chi connectivity index (χ1v) is 9.35. The van der Waals surface area contributed by atoms with Crippen molar-refractivity contribution >= 4 is 28.9 Å². The molecule has 27 heavy (non-hydrogen) atoms. The molecule has 2 aliphatic heterocycles. The zero-order valence-corrected chi connectivity index (χ0v) is 15.2. The zero-order valence-electron chi connectivity index (χ0n) is 15.2. The Labute approximate surface area is 156 Å². The van der Waals surface area contributed by atoms with E-state index in [9.17, 15) is 14.4 Å². The fraction of sp³-hybridized carbons (Fsp3) is 0.474. The molecule has 0 saturated carbocycles. The second-order valence-corrected chi connectivity index (χ2v) is 7.30. The fourth-order valence-electron chi connectivity index (χ4n) is 3.88. The van der Waals surface area contributed by atoms with E-state index in [1.165, 1.54) is 0 Å². The van der Waals surface area contributed by atoms with E-state index in [0.29, 0.717) is 25.4 Å². The molecular formula is C19H23N5O3. The lowest BCUT2D eigenvalue weighted by Gasteiger charge is -2.31. The molecule has 0 unspecified atom stereocenters. The molecule has 3 N–H and O–H groups in total. The Balaban J connectivity index is 1.31. The van der Waals surface area contributed by atoms with Crippen molar-refractivity contribution in [1.82, 2.24) is 25.5 Å². The lowest BCUT2D eigenvalue weighted by Crippen LogP contribution is -2.39. The summed E-state index contributed by atoms with van der Waals surface area (Å²) in [7, 11) is 0. The summed E-state index contributed by atoms with van der Waals surface area (Å²) in [5.41, 5.74) is 3.23. The van der Waals surface area contributed by atoms with E-state index in [4.69, 9.17) is 4.98 Å². The number of nitrogens with zero attached hydrogens (tertiary/aromatic N) is 2. The van der Waals surface area contributed by atoms with Gasteiger partial charge in [0.25, 0.3) is 5.91 Å². The molecular weight excluding hydrogens is 346 g/mol. The van der Waals surface area contributed by atoms with Crippen molar-refractivity contribution in [3.8, 4) is 0 Å². The number of likely N-dealkylation sites (tertiary alicyclic amines) is 1. The number of aryl methyl sites for hydroxylation is 1. The second-order valence-electron chi connectivity index (χ2n) is 7.30. The van der Waals surface area contributed by atoms with Gasteiger partial charge in [-0.3, -0.25) is 14.9 Å². The Morgan fingerprint density at radius 1 is 1.26 bits per heavy atom. The Hall–Kier alpha value is -2.90. The van der Waals surface area contributed by atoms with Gasteiger partial charge < -0.3 is 15.2 Å². The Bertz CT molecular complexity index is 898. The van der Waals surface area contributed by atoms with Crippen LogP contribution in [0, 0.1) is 6.92 Å². The molecule has 1 aromatic carbocycles. The maximum atomic E-state index is 12.4. The van der Waals surface area contributed by atoms with E-state index in [-0.39, 0.29) is 18.2 Å². The predicted molar refractivity (Wildman–Crippen MR) is 99.1 cm³/mol. The van der Waals surface area contributed by atoms with Crippen LogP contribution in [0.15, 0.2) is 18.2 Å². The number of hydrogen-bond acceptors (Lipinski definition) is 4. The van der Waals surface area contributed by atoms with Crippen molar-refractivity contribution in [2.24, 2.45) is 0 Å². The molecule has 8 heteroatoms. The Morgan fingerprint density at radius 2 is 2.04 bits per heavy atom. The molecule has 142 valence electrons. The van der Waals surface area contributed by atoms with Crippen molar-refractivity contribution in [3.63, 3.8) is 0 Å². The molecule has 4 rings (SSSR count). The average molecular weight is 369 g/mol. The molecule has 4 amide bonds. The first-order valence-electron chi connectivity index (χ1n) is 9.35. The maximum absolute atomic E-state index is 12.4. The van der Waals surface area contributed by atoms with Crippen LogP contribution < -0.4 is 10.6 Å². The standard InChI is InChI=1S/C19H23N5O3/c1-11-3-2-4-13-16(11)22-17(20-13)12-7-9-24(10-8-12)15(25)6-5-14-18(26)23-19(27)21-14/h2-4,12,14H,5-10H2,1H3,(H,20,22)(H2,21,23,26,27)/t14-/m1/s1. The van der Waals surface area contributed by atoms with Crippen LogP contribution in [0.3, 0.4) is 0 Å². The zero-order chi connectivity index (χ0) is 19.0. The highest BCUT2D eigenvalue weighted by atomic mass is 16.2. The number of para-hydroxylation sites is 1. The van der Waals surface area contributed by atoms with E-state index in [2.05, 4.69) is 28.6 Å². The molecule has 0 aliphatic carbocycles. The van der Waals surface area contributed by atoms with Crippen LogP contribution in [-0.4, -0.2) is 51.8 Å². The number of aromatic nitrogens is 2. The van der Waals surface area contributed by atoms with Crippen LogP contribution in [-0.2, 0) is 9.59 Å². The minimum absolute atomic E-state index is 0.0304. The molecule has 0 bridgehead atoms. The molecule has 2 aliphatic rings. The van der Waals surface area contributed by atoms with Crippen LogP contribution in [0.4, 0.5) is 4.79 Å². The summed E-state index contributed by atoms with van der Waals surface area (Å²) in [6.45, 7) is 3.42. The Kier molecular flexibility index (Phi) is 4.55. The van der Waals surface area contributed by atoms with E-state index in [0.717, 1.165) is 35.3 Å². The highest BCUT2D eigenvalue weighted by Crippen LogP contribution is 2.28. The molecule has 2 aromatic rings. The van der Waals surface area contributed by atoms with Gasteiger partial charge in [-0.15, -0.1) is 0 Å². The number of carbonyl (C=O) groups is 3.